The Morgan fingerprint density at radius 3 is 2.70 bits per heavy atom. The number of nitrogens with one attached hydrogen (secondary N) is 2. The van der Waals surface area contributed by atoms with E-state index < -0.39 is 0 Å². The molecule has 0 spiro atoms. The number of ether oxygens (including phenoxy) is 1. The number of hydrogen-bond donors (Lipinski definition) is 2. The van der Waals surface area contributed by atoms with Crippen molar-refractivity contribution in [2.24, 2.45) is 10.9 Å². The van der Waals surface area contributed by atoms with Gasteiger partial charge in [-0.1, -0.05) is 13.8 Å². The summed E-state index contributed by atoms with van der Waals surface area (Å²) in [7, 11) is 0. The molecule has 2 aliphatic heterocycles. The molecule has 2 heterocycles. The van der Waals surface area contributed by atoms with Crippen LogP contribution in [-0.4, -0.2) is 62.8 Å². The van der Waals surface area contributed by atoms with Crippen molar-refractivity contribution in [1.82, 2.24) is 15.5 Å². The molecule has 1 unspecified atom stereocenters. The maximum Gasteiger partial charge on any atom is 0.191 e. The van der Waals surface area contributed by atoms with E-state index in [0.29, 0.717) is 6.04 Å². The highest BCUT2D eigenvalue weighted by molar-refractivity contribution is 14.0. The molecule has 0 saturated carbocycles. The molecule has 2 aliphatic rings. The summed E-state index contributed by atoms with van der Waals surface area (Å²) in [6.07, 6.45) is 2.37. The molecule has 1 saturated heterocycles. The standard InChI is InChI=1S/C14H28N4O.HI/c1-12(2)10-13(18-6-8-19-9-7-18)11-17-14-15-4-3-5-16-14;/h12-13H,3-11H2,1-2H3,(H2,15,16,17);1H. The predicted molar refractivity (Wildman–Crippen MR) is 94.0 cm³/mol. The maximum absolute atomic E-state index is 5.45. The molecule has 6 heteroatoms. The topological polar surface area (TPSA) is 48.9 Å². The molecule has 0 aromatic heterocycles. The van der Waals surface area contributed by atoms with Gasteiger partial charge < -0.3 is 15.4 Å². The summed E-state index contributed by atoms with van der Waals surface area (Å²) in [5.41, 5.74) is 0. The van der Waals surface area contributed by atoms with E-state index in [4.69, 9.17) is 4.74 Å². The Hall–Kier alpha value is -0.0800. The van der Waals surface area contributed by atoms with E-state index in [2.05, 4.69) is 34.4 Å². The minimum absolute atomic E-state index is 0. The van der Waals surface area contributed by atoms with Crippen molar-refractivity contribution >= 4 is 29.9 Å². The van der Waals surface area contributed by atoms with Crippen LogP contribution in [0, 0.1) is 5.92 Å². The fourth-order valence-corrected chi connectivity index (χ4v) is 2.71. The predicted octanol–water partition coefficient (Wildman–Crippen LogP) is 1.29. The molecule has 118 valence electrons. The van der Waals surface area contributed by atoms with E-state index in [1.807, 2.05) is 0 Å². The Balaban J connectivity index is 0.00000200. The lowest BCUT2D eigenvalue weighted by Crippen LogP contribution is -2.51. The molecule has 0 aromatic carbocycles. The van der Waals surface area contributed by atoms with E-state index in [1.54, 1.807) is 0 Å². The Morgan fingerprint density at radius 2 is 2.10 bits per heavy atom. The Bertz CT molecular complexity index is 293. The first kappa shape index (κ1) is 18.0. The van der Waals surface area contributed by atoms with Crippen LogP contribution < -0.4 is 10.6 Å². The number of halogens is 1. The number of aliphatic imine (C=N–C) groups is 1. The number of nitrogens with zero attached hydrogens (tertiary/aromatic N) is 2. The summed E-state index contributed by atoms with van der Waals surface area (Å²) in [5.74, 6) is 1.70. The third kappa shape index (κ3) is 6.13. The lowest BCUT2D eigenvalue weighted by Gasteiger charge is -2.36. The molecule has 20 heavy (non-hydrogen) atoms. The summed E-state index contributed by atoms with van der Waals surface area (Å²) in [5, 5.41) is 6.81. The molecule has 0 aromatic rings. The molecule has 2 rings (SSSR count). The molecule has 5 nitrogen and oxygen atoms in total. The maximum atomic E-state index is 5.45. The monoisotopic (exact) mass is 396 g/mol. The summed E-state index contributed by atoms with van der Waals surface area (Å²) in [6, 6.07) is 0.579. The van der Waals surface area contributed by atoms with Gasteiger partial charge in [0.15, 0.2) is 5.96 Å². The van der Waals surface area contributed by atoms with Gasteiger partial charge in [0.25, 0.3) is 0 Å². The summed E-state index contributed by atoms with van der Waals surface area (Å²) >= 11 is 0. The lowest BCUT2D eigenvalue weighted by molar-refractivity contribution is 0.0132. The van der Waals surface area contributed by atoms with Crippen LogP contribution in [0.25, 0.3) is 0 Å². The zero-order chi connectivity index (χ0) is 13.5. The van der Waals surface area contributed by atoms with Gasteiger partial charge in [-0.3, -0.25) is 9.89 Å². The van der Waals surface area contributed by atoms with E-state index in [1.165, 1.54) is 6.42 Å². The van der Waals surface area contributed by atoms with Gasteiger partial charge in [0.2, 0.25) is 0 Å². The summed E-state index contributed by atoms with van der Waals surface area (Å²) in [4.78, 5) is 7.03. The number of guanidine groups is 1. The van der Waals surface area contributed by atoms with Gasteiger partial charge in [-0.15, -0.1) is 24.0 Å². The zero-order valence-corrected chi connectivity index (χ0v) is 15.1. The quantitative estimate of drug-likeness (QED) is 0.688. The van der Waals surface area contributed by atoms with Crippen molar-refractivity contribution in [2.45, 2.75) is 32.7 Å². The highest BCUT2D eigenvalue weighted by Gasteiger charge is 2.22. The second kappa shape index (κ2) is 9.78. The SMILES string of the molecule is CC(C)CC(CNC1=NCCCN1)N1CCOCC1.I. The highest BCUT2D eigenvalue weighted by atomic mass is 127. The lowest BCUT2D eigenvalue weighted by atomic mass is 10.0. The van der Waals surface area contributed by atoms with Crippen molar-refractivity contribution < 1.29 is 4.74 Å². The molecule has 0 aliphatic carbocycles. The molecule has 1 atom stereocenters. The molecule has 0 bridgehead atoms. The van der Waals surface area contributed by atoms with E-state index in [-0.39, 0.29) is 24.0 Å². The van der Waals surface area contributed by atoms with Gasteiger partial charge in [-0.25, -0.2) is 0 Å². The third-order valence-corrected chi connectivity index (χ3v) is 3.71. The second-order valence-electron chi connectivity index (χ2n) is 5.82. The van der Waals surface area contributed by atoms with Crippen molar-refractivity contribution in [3.8, 4) is 0 Å². The van der Waals surface area contributed by atoms with Crippen LogP contribution in [0.1, 0.15) is 26.7 Å². The summed E-state index contributed by atoms with van der Waals surface area (Å²) < 4.78 is 5.45. The smallest absolute Gasteiger partial charge is 0.191 e. The Labute approximate surface area is 139 Å². The fraction of sp³-hybridized carbons (Fsp3) is 0.929. The van der Waals surface area contributed by atoms with Crippen LogP contribution in [-0.2, 0) is 4.74 Å². The normalized spacial score (nSPS) is 21.6. The van der Waals surface area contributed by atoms with Crippen LogP contribution in [0.4, 0.5) is 0 Å². The fourth-order valence-electron chi connectivity index (χ4n) is 2.71. The Kier molecular flexibility index (Phi) is 8.79. The van der Waals surface area contributed by atoms with Crippen LogP contribution >= 0.6 is 24.0 Å². The van der Waals surface area contributed by atoms with Gasteiger partial charge in [0, 0.05) is 38.8 Å². The highest BCUT2D eigenvalue weighted by Crippen LogP contribution is 2.13. The molecule has 0 radical (unpaired) electrons. The minimum atomic E-state index is 0. The molecular weight excluding hydrogens is 367 g/mol. The van der Waals surface area contributed by atoms with Gasteiger partial charge in [-0.2, -0.15) is 0 Å². The minimum Gasteiger partial charge on any atom is -0.379 e. The van der Waals surface area contributed by atoms with Crippen LogP contribution in [0.5, 0.6) is 0 Å². The largest absolute Gasteiger partial charge is 0.379 e. The number of hydrogen-bond acceptors (Lipinski definition) is 5. The molecule has 2 N–H and O–H groups in total. The number of rotatable bonds is 5. The average molecular weight is 396 g/mol. The number of morpholine rings is 1. The molecule has 1 fully saturated rings. The first-order chi connectivity index (χ1) is 9.25. The van der Waals surface area contributed by atoms with E-state index in [9.17, 15) is 0 Å². The van der Waals surface area contributed by atoms with Gasteiger partial charge in [-0.05, 0) is 18.8 Å². The average Bonchev–Trinajstić information content (AvgIpc) is 2.45. The van der Waals surface area contributed by atoms with Crippen molar-refractivity contribution in [2.75, 3.05) is 45.9 Å². The third-order valence-electron chi connectivity index (χ3n) is 3.71. The summed E-state index contributed by atoms with van der Waals surface area (Å²) in [6.45, 7) is 11.4. The van der Waals surface area contributed by atoms with E-state index in [0.717, 1.165) is 64.2 Å². The molecular formula is C14H29IN4O. The molecule has 0 amide bonds. The van der Waals surface area contributed by atoms with Crippen LogP contribution in [0.2, 0.25) is 0 Å². The van der Waals surface area contributed by atoms with Gasteiger partial charge in [0.1, 0.15) is 0 Å². The van der Waals surface area contributed by atoms with Gasteiger partial charge >= 0.3 is 0 Å². The van der Waals surface area contributed by atoms with Crippen molar-refractivity contribution in [3.63, 3.8) is 0 Å². The van der Waals surface area contributed by atoms with E-state index >= 15 is 0 Å². The first-order valence-electron chi connectivity index (χ1n) is 7.59. The van der Waals surface area contributed by atoms with Gasteiger partial charge in [0.05, 0.1) is 13.2 Å². The first-order valence-corrected chi connectivity index (χ1v) is 7.59. The van der Waals surface area contributed by atoms with Crippen LogP contribution in [0.15, 0.2) is 4.99 Å². The van der Waals surface area contributed by atoms with Crippen LogP contribution in [0.3, 0.4) is 0 Å². The Morgan fingerprint density at radius 1 is 1.35 bits per heavy atom. The second-order valence-corrected chi connectivity index (χ2v) is 5.82. The zero-order valence-electron chi connectivity index (χ0n) is 12.7. The van der Waals surface area contributed by atoms with Crippen molar-refractivity contribution in [3.05, 3.63) is 0 Å². The van der Waals surface area contributed by atoms with Crippen molar-refractivity contribution in [1.29, 1.82) is 0 Å².